The zero-order valence-electron chi connectivity index (χ0n) is 7.92. The van der Waals surface area contributed by atoms with E-state index < -0.39 is 0 Å². The molecule has 2 atom stereocenters. The number of hydrogen-bond acceptors (Lipinski definition) is 2. The van der Waals surface area contributed by atoms with Crippen LogP contribution in [0, 0.1) is 11.8 Å². The molecule has 2 heteroatoms. The first kappa shape index (κ1) is 8.92. The topological polar surface area (TPSA) is 34.1 Å². The molecule has 0 aromatic rings. The molecule has 2 aliphatic rings. The molecule has 0 heterocycles. The lowest BCUT2D eigenvalue weighted by Crippen LogP contribution is -2.31. The van der Waals surface area contributed by atoms with Gasteiger partial charge in [0.2, 0.25) is 0 Å². The molecule has 0 saturated heterocycles. The molecule has 2 rings (SSSR count). The van der Waals surface area contributed by atoms with E-state index in [2.05, 4.69) is 0 Å². The molecule has 0 N–H and O–H groups in total. The minimum atomic E-state index is 0.225. The van der Waals surface area contributed by atoms with Crippen molar-refractivity contribution < 1.29 is 9.59 Å². The zero-order chi connectivity index (χ0) is 9.26. The van der Waals surface area contributed by atoms with Gasteiger partial charge in [-0.15, -0.1) is 0 Å². The molecule has 2 saturated carbocycles. The van der Waals surface area contributed by atoms with Crippen LogP contribution >= 0.6 is 0 Å². The molecule has 2 aliphatic carbocycles. The van der Waals surface area contributed by atoms with Crippen molar-refractivity contribution in [3.63, 3.8) is 0 Å². The minimum Gasteiger partial charge on any atom is -0.300 e. The van der Waals surface area contributed by atoms with Gasteiger partial charge in [-0.05, 0) is 25.7 Å². The lowest BCUT2D eigenvalue weighted by atomic mass is 9.74. The fraction of sp³-hybridized carbons (Fsp3) is 0.818. The molecule has 72 valence electrons. The predicted molar refractivity (Wildman–Crippen MR) is 49.3 cm³/mol. The Morgan fingerprint density at radius 2 is 1.38 bits per heavy atom. The summed E-state index contributed by atoms with van der Waals surface area (Å²) < 4.78 is 0. The Labute approximate surface area is 78.7 Å². The van der Waals surface area contributed by atoms with E-state index >= 15 is 0 Å². The molecular weight excluding hydrogens is 164 g/mol. The molecule has 2 nitrogen and oxygen atoms in total. The van der Waals surface area contributed by atoms with Crippen LogP contribution in [0.3, 0.4) is 0 Å². The maximum Gasteiger partial charge on any atom is 0.139 e. The summed E-state index contributed by atoms with van der Waals surface area (Å²) in [6.45, 7) is 0. The van der Waals surface area contributed by atoms with Crippen molar-refractivity contribution in [1.82, 2.24) is 0 Å². The standard InChI is InChI=1S/C11H16O2/c12-10-6-4-8-2-1-3-9(5-7-10)11(8)13/h8-9H,1-7H2/t8-,9+. The Kier molecular flexibility index (Phi) is 2.47. The monoisotopic (exact) mass is 180 g/mol. The molecule has 0 aromatic carbocycles. The average Bonchev–Trinajstić information content (AvgIpc) is 2.14. The molecular formula is C11H16O2. The van der Waals surface area contributed by atoms with Gasteiger partial charge >= 0.3 is 0 Å². The fourth-order valence-corrected chi connectivity index (χ4v) is 2.60. The van der Waals surface area contributed by atoms with Gasteiger partial charge in [-0.3, -0.25) is 9.59 Å². The van der Waals surface area contributed by atoms with Gasteiger partial charge in [0, 0.05) is 24.7 Å². The maximum atomic E-state index is 11.8. The van der Waals surface area contributed by atoms with E-state index in [1.807, 2.05) is 0 Å². The Balaban J connectivity index is 2.09. The van der Waals surface area contributed by atoms with E-state index in [4.69, 9.17) is 0 Å². The Morgan fingerprint density at radius 3 is 1.92 bits per heavy atom. The summed E-state index contributed by atoms with van der Waals surface area (Å²) in [6.07, 6.45) is 6.19. The van der Waals surface area contributed by atoms with Crippen molar-refractivity contribution >= 4 is 11.6 Å². The van der Waals surface area contributed by atoms with Crippen molar-refractivity contribution in [3.05, 3.63) is 0 Å². The Morgan fingerprint density at radius 1 is 0.846 bits per heavy atom. The molecule has 0 amide bonds. The van der Waals surface area contributed by atoms with Crippen molar-refractivity contribution in [1.29, 1.82) is 0 Å². The Hall–Kier alpha value is -0.660. The third-order valence-corrected chi connectivity index (χ3v) is 3.45. The molecule has 13 heavy (non-hydrogen) atoms. The maximum absolute atomic E-state index is 11.8. The first-order valence-electron chi connectivity index (χ1n) is 5.33. The number of carbonyl (C=O) groups excluding carboxylic acids is 2. The van der Waals surface area contributed by atoms with Crippen LogP contribution in [-0.2, 0) is 9.59 Å². The van der Waals surface area contributed by atoms with Crippen LogP contribution in [0.25, 0.3) is 0 Å². The minimum absolute atomic E-state index is 0.225. The highest BCUT2D eigenvalue weighted by Crippen LogP contribution is 2.33. The smallest absolute Gasteiger partial charge is 0.139 e. The van der Waals surface area contributed by atoms with Gasteiger partial charge in [0.25, 0.3) is 0 Å². The van der Waals surface area contributed by atoms with Crippen molar-refractivity contribution in [2.24, 2.45) is 11.8 Å². The van der Waals surface area contributed by atoms with Crippen LogP contribution in [0.4, 0.5) is 0 Å². The van der Waals surface area contributed by atoms with Crippen LogP contribution in [0.1, 0.15) is 44.9 Å². The van der Waals surface area contributed by atoms with Gasteiger partial charge in [0.05, 0.1) is 0 Å². The zero-order valence-corrected chi connectivity index (χ0v) is 7.92. The highest BCUT2D eigenvalue weighted by molar-refractivity contribution is 5.87. The number of rotatable bonds is 0. The van der Waals surface area contributed by atoms with Gasteiger partial charge in [-0.2, -0.15) is 0 Å². The van der Waals surface area contributed by atoms with Crippen molar-refractivity contribution in [3.8, 4) is 0 Å². The van der Waals surface area contributed by atoms with Crippen LogP contribution in [0.15, 0.2) is 0 Å². The lowest BCUT2D eigenvalue weighted by Gasteiger charge is -2.29. The second kappa shape index (κ2) is 3.60. The molecule has 0 aliphatic heterocycles. The SMILES string of the molecule is O=C1CC[C@H]2CCC[C@@H](CC1)C2=O. The quantitative estimate of drug-likeness (QED) is 0.572. The second-order valence-corrected chi connectivity index (χ2v) is 4.34. The van der Waals surface area contributed by atoms with E-state index in [-0.39, 0.29) is 11.8 Å². The molecule has 0 unspecified atom stereocenters. The number of carbonyl (C=O) groups is 2. The van der Waals surface area contributed by atoms with E-state index in [9.17, 15) is 9.59 Å². The van der Waals surface area contributed by atoms with E-state index in [1.165, 1.54) is 6.42 Å². The highest BCUT2D eigenvalue weighted by atomic mass is 16.1. The lowest BCUT2D eigenvalue weighted by molar-refractivity contribution is -0.131. The third kappa shape index (κ3) is 1.82. The molecule has 2 fully saturated rings. The summed E-state index contributed by atoms with van der Waals surface area (Å²) >= 11 is 0. The first-order valence-corrected chi connectivity index (χ1v) is 5.33. The van der Waals surface area contributed by atoms with Crippen LogP contribution in [0.5, 0.6) is 0 Å². The van der Waals surface area contributed by atoms with Gasteiger partial charge in [-0.1, -0.05) is 6.42 Å². The molecule has 0 aromatic heterocycles. The molecule has 0 spiro atoms. The second-order valence-electron chi connectivity index (χ2n) is 4.34. The van der Waals surface area contributed by atoms with Crippen molar-refractivity contribution in [2.45, 2.75) is 44.9 Å². The van der Waals surface area contributed by atoms with Gasteiger partial charge < -0.3 is 0 Å². The summed E-state index contributed by atoms with van der Waals surface area (Å²) in [7, 11) is 0. The number of hydrogen-bond donors (Lipinski definition) is 0. The number of Topliss-reactive ketones (excluding diaryl/α,β-unsaturated/α-hetero) is 2. The van der Waals surface area contributed by atoms with E-state index in [1.54, 1.807) is 0 Å². The fourth-order valence-electron chi connectivity index (χ4n) is 2.60. The summed E-state index contributed by atoms with van der Waals surface area (Å²) in [5.41, 5.74) is 0. The third-order valence-electron chi connectivity index (χ3n) is 3.45. The van der Waals surface area contributed by atoms with Gasteiger partial charge in [0.15, 0.2) is 0 Å². The van der Waals surface area contributed by atoms with Crippen LogP contribution < -0.4 is 0 Å². The highest BCUT2D eigenvalue weighted by Gasteiger charge is 2.32. The normalized spacial score (nSPS) is 35.4. The predicted octanol–water partition coefficient (Wildman–Crippen LogP) is 2.11. The molecule has 0 radical (unpaired) electrons. The van der Waals surface area contributed by atoms with Crippen LogP contribution in [-0.4, -0.2) is 11.6 Å². The first-order chi connectivity index (χ1) is 6.27. The number of fused-ring (bicyclic) bond motifs is 2. The van der Waals surface area contributed by atoms with Crippen molar-refractivity contribution in [2.75, 3.05) is 0 Å². The number of ketones is 2. The van der Waals surface area contributed by atoms with Crippen LogP contribution in [0.2, 0.25) is 0 Å². The molecule has 2 bridgehead atoms. The summed E-state index contributed by atoms with van der Waals surface area (Å²) in [5.74, 6) is 1.27. The largest absolute Gasteiger partial charge is 0.300 e. The summed E-state index contributed by atoms with van der Waals surface area (Å²) in [4.78, 5) is 23.0. The summed E-state index contributed by atoms with van der Waals surface area (Å²) in [5, 5.41) is 0. The van der Waals surface area contributed by atoms with E-state index in [0.717, 1.165) is 25.7 Å². The van der Waals surface area contributed by atoms with E-state index in [0.29, 0.717) is 24.4 Å². The van der Waals surface area contributed by atoms with Gasteiger partial charge in [-0.25, -0.2) is 0 Å². The summed E-state index contributed by atoms with van der Waals surface area (Å²) in [6, 6.07) is 0. The average molecular weight is 180 g/mol. The van der Waals surface area contributed by atoms with Gasteiger partial charge in [0.1, 0.15) is 11.6 Å². The Bertz CT molecular complexity index is 212.